The van der Waals surface area contributed by atoms with Crippen molar-refractivity contribution in [3.8, 4) is 0 Å². The van der Waals surface area contributed by atoms with Crippen molar-refractivity contribution in [1.29, 1.82) is 0 Å². The number of esters is 1. The van der Waals surface area contributed by atoms with Crippen LogP contribution in [0.2, 0.25) is 5.28 Å². The van der Waals surface area contributed by atoms with Gasteiger partial charge in [0.05, 0.1) is 24.9 Å². The van der Waals surface area contributed by atoms with Gasteiger partial charge in [-0.3, -0.25) is 0 Å². The predicted octanol–water partition coefficient (Wildman–Crippen LogP) is 2.58. The molecule has 0 fully saturated rings. The topological polar surface area (TPSA) is 84.3 Å². The maximum atomic E-state index is 11.9. The normalized spacial score (nSPS) is 13.6. The van der Waals surface area contributed by atoms with Crippen molar-refractivity contribution in [2.75, 3.05) is 19.0 Å². The number of halogens is 1. The number of nitrogens with zero attached hydrogens (tertiary/aromatic N) is 2. The fraction of sp³-hybridized carbons (Fsp3) is 0.643. The first kappa shape index (κ1) is 17.7. The van der Waals surface area contributed by atoms with Crippen molar-refractivity contribution in [3.63, 3.8) is 0 Å². The summed E-state index contributed by atoms with van der Waals surface area (Å²) >= 11 is 5.87. The van der Waals surface area contributed by atoms with Gasteiger partial charge in [0, 0.05) is 0 Å². The van der Waals surface area contributed by atoms with Crippen LogP contribution in [0.1, 0.15) is 49.2 Å². The van der Waals surface area contributed by atoms with Crippen LogP contribution >= 0.6 is 11.6 Å². The second-order valence-electron chi connectivity index (χ2n) is 5.24. The summed E-state index contributed by atoms with van der Waals surface area (Å²) in [4.78, 5) is 20.0. The Morgan fingerprint density at radius 3 is 2.67 bits per heavy atom. The van der Waals surface area contributed by atoms with Crippen molar-refractivity contribution in [2.45, 2.75) is 45.6 Å². The summed E-state index contributed by atoms with van der Waals surface area (Å²) in [6, 6.07) is 0. The number of carbonyl (C=O) groups is 1. The van der Waals surface area contributed by atoms with Crippen LogP contribution in [-0.4, -0.2) is 40.3 Å². The average molecular weight is 316 g/mol. The second-order valence-corrected chi connectivity index (χ2v) is 5.58. The molecule has 1 aromatic heterocycles. The van der Waals surface area contributed by atoms with Gasteiger partial charge in [-0.1, -0.05) is 19.8 Å². The molecule has 0 unspecified atom stereocenters. The highest BCUT2D eigenvalue weighted by molar-refractivity contribution is 6.28. The molecule has 0 aliphatic heterocycles. The van der Waals surface area contributed by atoms with Crippen molar-refractivity contribution in [1.82, 2.24) is 9.97 Å². The van der Waals surface area contributed by atoms with Gasteiger partial charge < -0.3 is 15.2 Å². The lowest BCUT2D eigenvalue weighted by Crippen LogP contribution is -2.39. The minimum Gasteiger partial charge on any atom is -0.465 e. The molecule has 0 saturated heterocycles. The van der Waals surface area contributed by atoms with Crippen LogP contribution in [0.15, 0.2) is 0 Å². The summed E-state index contributed by atoms with van der Waals surface area (Å²) in [7, 11) is 1.29. The maximum Gasteiger partial charge on any atom is 0.343 e. The number of unbranched alkanes of at least 4 members (excludes halogenated alkanes) is 1. The minimum absolute atomic E-state index is 0.0402. The number of nitrogens with one attached hydrogen (secondary N) is 1. The molecular weight excluding hydrogens is 294 g/mol. The Balaban J connectivity index is 3.19. The van der Waals surface area contributed by atoms with Crippen LogP contribution < -0.4 is 5.32 Å². The lowest BCUT2D eigenvalue weighted by atomic mass is 9.95. The molecule has 1 heterocycles. The molecule has 0 amide bonds. The third-order valence-electron chi connectivity index (χ3n) is 3.30. The molecule has 0 aliphatic carbocycles. The summed E-state index contributed by atoms with van der Waals surface area (Å²) in [5.41, 5.74) is 0.0707. The zero-order chi connectivity index (χ0) is 16.0. The van der Waals surface area contributed by atoms with Gasteiger partial charge in [0.1, 0.15) is 11.4 Å². The van der Waals surface area contributed by atoms with Crippen LogP contribution in [0.3, 0.4) is 0 Å². The zero-order valence-corrected chi connectivity index (χ0v) is 13.6. The summed E-state index contributed by atoms with van der Waals surface area (Å²) in [6.07, 6.45) is 2.68. The number of hydrogen-bond donors (Lipinski definition) is 2. The first-order valence-corrected chi connectivity index (χ1v) is 7.26. The lowest BCUT2D eigenvalue weighted by Gasteiger charge is -2.30. The second kappa shape index (κ2) is 7.56. The zero-order valence-electron chi connectivity index (χ0n) is 12.9. The highest BCUT2D eigenvalue weighted by atomic mass is 35.5. The van der Waals surface area contributed by atoms with E-state index < -0.39 is 11.5 Å². The molecule has 2 N–H and O–H groups in total. The quantitative estimate of drug-likeness (QED) is 0.594. The van der Waals surface area contributed by atoms with Crippen molar-refractivity contribution in [2.24, 2.45) is 0 Å². The van der Waals surface area contributed by atoms with Crippen LogP contribution in [0.5, 0.6) is 0 Å². The van der Waals surface area contributed by atoms with Crippen LogP contribution in [-0.2, 0) is 4.74 Å². The Morgan fingerprint density at radius 1 is 1.48 bits per heavy atom. The lowest BCUT2D eigenvalue weighted by molar-refractivity contribution is 0.0599. The summed E-state index contributed by atoms with van der Waals surface area (Å²) < 4.78 is 4.76. The molecular formula is C14H22ClN3O3. The van der Waals surface area contributed by atoms with E-state index >= 15 is 0 Å². The standard InChI is InChI=1S/C14H22ClN3O3/c1-5-6-7-14(3,8-19)18-11-10(12(20)21-4)9(2)16-13(15)17-11/h19H,5-8H2,1-4H3,(H,16,17,18)/t14-/m1/s1. The molecule has 0 aliphatic rings. The molecule has 118 valence electrons. The first-order valence-electron chi connectivity index (χ1n) is 6.88. The Kier molecular flexibility index (Phi) is 6.36. The third kappa shape index (κ3) is 4.54. The number of carbonyl (C=O) groups excluding carboxylic acids is 1. The number of aliphatic hydroxyl groups is 1. The Labute approximate surface area is 129 Å². The highest BCUT2D eigenvalue weighted by Crippen LogP contribution is 2.25. The Bertz CT molecular complexity index is 510. The van der Waals surface area contributed by atoms with Gasteiger partial charge in [0.2, 0.25) is 5.28 Å². The molecule has 1 aromatic rings. The minimum atomic E-state index is -0.594. The van der Waals surface area contributed by atoms with E-state index in [-0.39, 0.29) is 23.3 Å². The SMILES string of the molecule is CCCC[C@](C)(CO)Nc1nc(Cl)nc(C)c1C(=O)OC. The van der Waals surface area contributed by atoms with E-state index in [4.69, 9.17) is 16.3 Å². The van der Waals surface area contributed by atoms with E-state index in [9.17, 15) is 9.90 Å². The number of rotatable bonds is 7. The monoisotopic (exact) mass is 315 g/mol. The van der Waals surface area contributed by atoms with E-state index in [1.807, 2.05) is 6.92 Å². The fourth-order valence-electron chi connectivity index (χ4n) is 2.01. The van der Waals surface area contributed by atoms with Gasteiger partial charge in [-0.2, -0.15) is 4.98 Å². The van der Waals surface area contributed by atoms with Gasteiger partial charge in [-0.05, 0) is 31.9 Å². The number of hydrogen-bond acceptors (Lipinski definition) is 6. The average Bonchev–Trinajstić information content (AvgIpc) is 2.44. The largest absolute Gasteiger partial charge is 0.465 e. The molecule has 1 rings (SSSR count). The van der Waals surface area contributed by atoms with Crippen molar-refractivity contribution < 1.29 is 14.6 Å². The molecule has 0 aromatic carbocycles. The number of aliphatic hydroxyl groups excluding tert-OH is 1. The molecule has 21 heavy (non-hydrogen) atoms. The van der Waals surface area contributed by atoms with Gasteiger partial charge in [-0.15, -0.1) is 0 Å². The maximum absolute atomic E-state index is 11.9. The number of aryl methyl sites for hydroxylation is 1. The van der Waals surface area contributed by atoms with E-state index in [0.29, 0.717) is 5.69 Å². The van der Waals surface area contributed by atoms with E-state index in [2.05, 4.69) is 22.2 Å². The molecule has 7 heteroatoms. The molecule has 0 bridgehead atoms. The van der Waals surface area contributed by atoms with Crippen molar-refractivity contribution in [3.05, 3.63) is 16.5 Å². The summed E-state index contributed by atoms with van der Waals surface area (Å²) in [6.45, 7) is 5.51. The fourth-order valence-corrected chi connectivity index (χ4v) is 2.22. The number of methoxy groups -OCH3 is 1. The predicted molar refractivity (Wildman–Crippen MR) is 81.8 cm³/mol. The highest BCUT2D eigenvalue weighted by Gasteiger charge is 2.27. The van der Waals surface area contributed by atoms with Gasteiger partial charge in [0.15, 0.2) is 0 Å². The molecule has 0 radical (unpaired) electrons. The van der Waals surface area contributed by atoms with Crippen LogP contribution in [0, 0.1) is 6.92 Å². The number of aromatic nitrogens is 2. The van der Waals surface area contributed by atoms with E-state index in [1.165, 1.54) is 7.11 Å². The molecule has 1 atom stereocenters. The summed E-state index contributed by atoms with van der Waals surface area (Å²) in [5, 5.41) is 12.8. The van der Waals surface area contributed by atoms with E-state index in [1.54, 1.807) is 6.92 Å². The van der Waals surface area contributed by atoms with Crippen LogP contribution in [0.4, 0.5) is 5.82 Å². The third-order valence-corrected chi connectivity index (χ3v) is 3.47. The Hall–Kier alpha value is -1.40. The van der Waals surface area contributed by atoms with Gasteiger partial charge in [0.25, 0.3) is 0 Å². The van der Waals surface area contributed by atoms with Crippen molar-refractivity contribution >= 4 is 23.4 Å². The van der Waals surface area contributed by atoms with Crippen LogP contribution in [0.25, 0.3) is 0 Å². The van der Waals surface area contributed by atoms with Gasteiger partial charge in [-0.25, -0.2) is 9.78 Å². The molecule has 0 saturated carbocycles. The smallest absolute Gasteiger partial charge is 0.343 e. The Morgan fingerprint density at radius 2 is 2.14 bits per heavy atom. The molecule has 6 nitrogen and oxygen atoms in total. The van der Waals surface area contributed by atoms with Gasteiger partial charge >= 0.3 is 5.97 Å². The number of anilines is 1. The number of ether oxygens (including phenoxy) is 1. The first-order chi connectivity index (χ1) is 9.86. The molecule has 0 spiro atoms. The van der Waals surface area contributed by atoms with E-state index in [0.717, 1.165) is 19.3 Å². The summed E-state index contributed by atoms with van der Waals surface area (Å²) in [5.74, 6) is -0.255.